The van der Waals surface area contributed by atoms with E-state index in [1.54, 1.807) is 12.1 Å². The molecular weight excluding hydrogens is 279 g/mol. The Morgan fingerprint density at radius 2 is 1.95 bits per heavy atom. The van der Waals surface area contributed by atoms with Crippen molar-refractivity contribution in [2.75, 3.05) is 6.54 Å². The molecule has 2 unspecified atom stereocenters. The molecule has 0 radical (unpaired) electrons. The van der Waals surface area contributed by atoms with Gasteiger partial charge in [0, 0.05) is 13.1 Å². The first-order valence-electron chi connectivity index (χ1n) is 6.69. The van der Waals surface area contributed by atoms with E-state index in [1.807, 2.05) is 0 Å². The van der Waals surface area contributed by atoms with Gasteiger partial charge in [0.25, 0.3) is 0 Å². The molecule has 114 valence electrons. The summed E-state index contributed by atoms with van der Waals surface area (Å²) >= 11 is 0. The molecule has 0 aromatic heterocycles. The van der Waals surface area contributed by atoms with Crippen molar-refractivity contribution in [3.05, 3.63) is 35.6 Å². The highest BCUT2D eigenvalue weighted by atomic mass is 19.1. The van der Waals surface area contributed by atoms with Gasteiger partial charge in [0.1, 0.15) is 5.82 Å². The number of aliphatic carboxylic acids is 1. The normalized spacial score (nSPS) is 21.0. The zero-order valence-electron chi connectivity index (χ0n) is 11.3. The van der Waals surface area contributed by atoms with Crippen LogP contribution < -0.4 is 10.6 Å². The second kappa shape index (κ2) is 7.03. The van der Waals surface area contributed by atoms with Crippen molar-refractivity contribution in [1.29, 1.82) is 0 Å². The minimum Gasteiger partial charge on any atom is -0.479 e. The average Bonchev–Trinajstić information content (AvgIpc) is 2.93. The lowest BCUT2D eigenvalue weighted by Crippen LogP contribution is -2.39. The molecule has 0 spiro atoms. The molecule has 0 aliphatic carbocycles. The van der Waals surface area contributed by atoms with Crippen LogP contribution in [-0.2, 0) is 16.1 Å². The van der Waals surface area contributed by atoms with Crippen LogP contribution in [0.1, 0.15) is 18.4 Å². The molecule has 0 saturated carbocycles. The summed E-state index contributed by atoms with van der Waals surface area (Å²) in [5, 5.41) is 14.0. The highest BCUT2D eigenvalue weighted by Gasteiger charge is 2.30. The number of carboxylic acids is 1. The number of amides is 2. The average molecular weight is 296 g/mol. The van der Waals surface area contributed by atoms with E-state index in [-0.39, 0.29) is 31.0 Å². The Morgan fingerprint density at radius 1 is 1.24 bits per heavy atom. The minimum atomic E-state index is -0.974. The number of halogens is 1. The molecule has 1 aliphatic heterocycles. The second-order valence-corrected chi connectivity index (χ2v) is 4.85. The number of rotatable bonds is 5. The predicted molar refractivity (Wildman–Crippen MR) is 72.2 cm³/mol. The number of carbonyl (C=O) groups is 2. The van der Waals surface area contributed by atoms with Gasteiger partial charge in [0.2, 0.25) is 0 Å². The van der Waals surface area contributed by atoms with Crippen molar-refractivity contribution in [1.82, 2.24) is 10.6 Å². The molecule has 1 saturated heterocycles. The summed E-state index contributed by atoms with van der Waals surface area (Å²) in [7, 11) is 0. The van der Waals surface area contributed by atoms with Crippen molar-refractivity contribution in [2.24, 2.45) is 0 Å². The van der Waals surface area contributed by atoms with Crippen LogP contribution in [0.3, 0.4) is 0 Å². The van der Waals surface area contributed by atoms with Crippen molar-refractivity contribution in [3.63, 3.8) is 0 Å². The van der Waals surface area contributed by atoms with Crippen LogP contribution >= 0.6 is 0 Å². The van der Waals surface area contributed by atoms with Crippen LogP contribution in [0.5, 0.6) is 0 Å². The summed E-state index contributed by atoms with van der Waals surface area (Å²) in [6.07, 6.45) is 0.00964. The van der Waals surface area contributed by atoms with E-state index >= 15 is 0 Å². The minimum absolute atomic E-state index is 0.263. The Balaban J connectivity index is 1.66. The van der Waals surface area contributed by atoms with Gasteiger partial charge in [-0.25, -0.2) is 14.0 Å². The lowest BCUT2D eigenvalue weighted by Gasteiger charge is -2.13. The largest absolute Gasteiger partial charge is 0.479 e. The Bertz CT molecular complexity index is 506. The lowest BCUT2D eigenvalue weighted by atomic mass is 10.2. The van der Waals surface area contributed by atoms with E-state index < -0.39 is 12.1 Å². The summed E-state index contributed by atoms with van der Waals surface area (Å²) in [5.41, 5.74) is 0.787. The van der Waals surface area contributed by atoms with Gasteiger partial charge in [-0.3, -0.25) is 0 Å². The van der Waals surface area contributed by atoms with Gasteiger partial charge in [-0.2, -0.15) is 0 Å². The maximum absolute atomic E-state index is 12.7. The topological polar surface area (TPSA) is 87.7 Å². The number of carboxylic acid groups (broad SMARTS) is 1. The first-order chi connectivity index (χ1) is 10.0. The summed E-state index contributed by atoms with van der Waals surface area (Å²) in [6, 6.07) is 5.46. The molecule has 0 bridgehead atoms. The van der Waals surface area contributed by atoms with E-state index in [9.17, 15) is 14.0 Å². The Labute approximate surface area is 121 Å². The number of nitrogens with one attached hydrogen (secondary N) is 2. The molecule has 1 heterocycles. The van der Waals surface area contributed by atoms with Crippen LogP contribution in [0.15, 0.2) is 24.3 Å². The number of hydrogen-bond donors (Lipinski definition) is 3. The third-order valence-corrected chi connectivity index (χ3v) is 3.24. The molecular formula is C14H17FN2O4. The third-order valence-electron chi connectivity index (χ3n) is 3.24. The Kier molecular flexibility index (Phi) is 5.10. The molecule has 1 fully saturated rings. The van der Waals surface area contributed by atoms with E-state index in [0.717, 1.165) is 5.56 Å². The van der Waals surface area contributed by atoms with Crippen LogP contribution in [0.2, 0.25) is 0 Å². The fraction of sp³-hybridized carbons (Fsp3) is 0.429. The number of hydrogen-bond acceptors (Lipinski definition) is 3. The second-order valence-electron chi connectivity index (χ2n) is 4.85. The summed E-state index contributed by atoms with van der Waals surface area (Å²) in [5.74, 6) is -1.30. The SMILES string of the molecule is O=C(NCc1ccc(F)cc1)NCC1CCC(C(=O)O)O1. The van der Waals surface area contributed by atoms with Crippen molar-refractivity contribution in [2.45, 2.75) is 31.6 Å². The molecule has 1 aromatic carbocycles. The van der Waals surface area contributed by atoms with Gasteiger partial charge >= 0.3 is 12.0 Å². The number of carbonyl (C=O) groups excluding carboxylic acids is 1. The van der Waals surface area contributed by atoms with Crippen LogP contribution in [0.4, 0.5) is 9.18 Å². The Morgan fingerprint density at radius 3 is 2.57 bits per heavy atom. The lowest BCUT2D eigenvalue weighted by molar-refractivity contribution is -0.149. The molecule has 7 heteroatoms. The highest BCUT2D eigenvalue weighted by Crippen LogP contribution is 2.19. The van der Waals surface area contributed by atoms with Gasteiger partial charge in [-0.15, -0.1) is 0 Å². The summed E-state index contributed by atoms with van der Waals surface area (Å²) in [4.78, 5) is 22.3. The van der Waals surface area contributed by atoms with Crippen molar-refractivity contribution < 1.29 is 23.8 Å². The molecule has 2 amide bonds. The first-order valence-corrected chi connectivity index (χ1v) is 6.69. The highest BCUT2D eigenvalue weighted by molar-refractivity contribution is 5.74. The standard InChI is InChI=1S/C14H17FN2O4/c15-10-3-1-9(2-4-10)7-16-14(20)17-8-11-5-6-12(21-11)13(18)19/h1-4,11-12H,5-8H2,(H,18,19)(H2,16,17,20). The number of ether oxygens (including phenoxy) is 1. The molecule has 6 nitrogen and oxygen atoms in total. The van der Waals surface area contributed by atoms with Gasteiger partial charge in [-0.1, -0.05) is 12.1 Å². The van der Waals surface area contributed by atoms with E-state index in [1.165, 1.54) is 12.1 Å². The third kappa shape index (κ3) is 4.71. The maximum atomic E-state index is 12.7. The first kappa shape index (κ1) is 15.2. The zero-order valence-corrected chi connectivity index (χ0v) is 11.3. The Hall–Kier alpha value is -2.15. The zero-order chi connectivity index (χ0) is 15.2. The molecule has 1 aromatic rings. The van der Waals surface area contributed by atoms with Crippen LogP contribution in [0.25, 0.3) is 0 Å². The predicted octanol–water partition coefficient (Wildman–Crippen LogP) is 1.26. The van der Waals surface area contributed by atoms with Gasteiger partial charge < -0.3 is 20.5 Å². The van der Waals surface area contributed by atoms with Crippen molar-refractivity contribution in [3.8, 4) is 0 Å². The van der Waals surface area contributed by atoms with Crippen LogP contribution in [0, 0.1) is 5.82 Å². The van der Waals surface area contributed by atoms with E-state index in [0.29, 0.717) is 12.8 Å². The summed E-state index contributed by atoms with van der Waals surface area (Å²) < 4.78 is 18.0. The van der Waals surface area contributed by atoms with Crippen LogP contribution in [-0.4, -0.2) is 35.9 Å². The summed E-state index contributed by atoms with van der Waals surface area (Å²) in [6.45, 7) is 0.550. The van der Waals surface area contributed by atoms with E-state index in [2.05, 4.69) is 10.6 Å². The van der Waals surface area contributed by atoms with E-state index in [4.69, 9.17) is 9.84 Å². The van der Waals surface area contributed by atoms with Crippen molar-refractivity contribution >= 4 is 12.0 Å². The number of benzene rings is 1. The fourth-order valence-corrected chi connectivity index (χ4v) is 2.09. The molecule has 21 heavy (non-hydrogen) atoms. The quantitative estimate of drug-likeness (QED) is 0.763. The molecule has 1 aliphatic rings. The van der Waals surface area contributed by atoms with Gasteiger partial charge in [-0.05, 0) is 30.5 Å². The number of urea groups is 1. The van der Waals surface area contributed by atoms with Gasteiger partial charge in [0.15, 0.2) is 6.10 Å². The molecule has 2 rings (SSSR count). The smallest absolute Gasteiger partial charge is 0.332 e. The fourth-order valence-electron chi connectivity index (χ4n) is 2.09. The van der Waals surface area contributed by atoms with Gasteiger partial charge in [0.05, 0.1) is 6.10 Å². The molecule has 2 atom stereocenters. The monoisotopic (exact) mass is 296 g/mol. The molecule has 3 N–H and O–H groups in total. The maximum Gasteiger partial charge on any atom is 0.332 e.